The molecule has 0 spiro atoms. The number of carbonyl (C=O) groups is 1. The van der Waals surface area contributed by atoms with E-state index >= 15 is 0 Å². The number of nitrogens with one attached hydrogen (secondary N) is 1. The van der Waals surface area contributed by atoms with Crippen LogP contribution in [0, 0.1) is 5.82 Å². The van der Waals surface area contributed by atoms with Gasteiger partial charge in [0.15, 0.2) is 5.65 Å². The molecule has 2 saturated heterocycles. The largest absolute Gasteiger partial charge is 0.377 e. The van der Waals surface area contributed by atoms with Gasteiger partial charge in [-0.15, -0.1) is 0 Å². The van der Waals surface area contributed by atoms with Crippen molar-refractivity contribution in [3.8, 4) is 11.3 Å². The van der Waals surface area contributed by atoms with Gasteiger partial charge in [0, 0.05) is 25.2 Å². The van der Waals surface area contributed by atoms with Crippen LogP contribution in [0.5, 0.6) is 0 Å². The van der Waals surface area contributed by atoms with Crippen molar-refractivity contribution in [1.29, 1.82) is 0 Å². The van der Waals surface area contributed by atoms with Crippen molar-refractivity contribution in [1.82, 2.24) is 20.3 Å². The van der Waals surface area contributed by atoms with Crippen LogP contribution in [0.3, 0.4) is 0 Å². The Morgan fingerprint density at radius 3 is 2.46 bits per heavy atom. The summed E-state index contributed by atoms with van der Waals surface area (Å²) in [5.41, 5.74) is 1.81. The molecule has 2 aliphatic rings. The molecule has 0 unspecified atom stereocenters. The Balaban J connectivity index is 1.60. The van der Waals surface area contributed by atoms with Crippen LogP contribution in [-0.2, 0) is 9.47 Å². The van der Waals surface area contributed by atoms with E-state index in [-0.39, 0.29) is 17.6 Å². The second-order valence-electron chi connectivity index (χ2n) is 9.60. The highest BCUT2D eigenvalue weighted by molar-refractivity contribution is 5.96. The first-order valence-corrected chi connectivity index (χ1v) is 12.9. The van der Waals surface area contributed by atoms with Crippen molar-refractivity contribution in [2.45, 2.75) is 39.3 Å². The summed E-state index contributed by atoms with van der Waals surface area (Å²) in [6, 6.07) is 8.61. The third-order valence-electron chi connectivity index (χ3n) is 6.83. The zero-order valence-corrected chi connectivity index (χ0v) is 21.5. The lowest BCUT2D eigenvalue weighted by atomic mass is 10.1. The van der Waals surface area contributed by atoms with Gasteiger partial charge in [0.2, 0.25) is 5.95 Å². The molecule has 9 nitrogen and oxygen atoms in total. The molecule has 196 valence electrons. The number of carbonyl (C=O) groups excluding carboxylic acids is 1. The lowest BCUT2D eigenvalue weighted by molar-refractivity contribution is 0.0949. The highest BCUT2D eigenvalue weighted by atomic mass is 19.1. The highest BCUT2D eigenvalue weighted by Gasteiger charge is 2.27. The van der Waals surface area contributed by atoms with Crippen molar-refractivity contribution in [2.75, 3.05) is 55.9 Å². The molecule has 2 aromatic heterocycles. The van der Waals surface area contributed by atoms with Crippen LogP contribution >= 0.6 is 0 Å². The molecule has 2 aliphatic heterocycles. The molecule has 1 N–H and O–H groups in total. The summed E-state index contributed by atoms with van der Waals surface area (Å²) >= 11 is 0. The van der Waals surface area contributed by atoms with Crippen LogP contribution < -0.4 is 15.1 Å². The molecule has 0 saturated carbocycles. The van der Waals surface area contributed by atoms with Crippen molar-refractivity contribution < 1.29 is 18.7 Å². The number of rotatable bonds is 6. The van der Waals surface area contributed by atoms with Gasteiger partial charge < -0.3 is 24.6 Å². The Hall–Kier alpha value is -3.37. The fourth-order valence-corrected chi connectivity index (χ4v) is 4.75. The zero-order chi connectivity index (χ0) is 25.9. The molecule has 0 radical (unpaired) electrons. The molecule has 0 aliphatic carbocycles. The van der Waals surface area contributed by atoms with Crippen LogP contribution in [0.15, 0.2) is 30.3 Å². The van der Waals surface area contributed by atoms with Gasteiger partial charge >= 0.3 is 0 Å². The summed E-state index contributed by atoms with van der Waals surface area (Å²) in [4.78, 5) is 31.7. The van der Waals surface area contributed by atoms with E-state index in [2.05, 4.69) is 29.0 Å². The molecule has 5 rings (SSSR count). The first kappa shape index (κ1) is 25.3. The van der Waals surface area contributed by atoms with E-state index in [0.29, 0.717) is 62.4 Å². The number of halogens is 1. The Morgan fingerprint density at radius 1 is 1.03 bits per heavy atom. The molecular formula is C27H33FN6O3. The smallest absolute Gasteiger partial charge is 0.254 e. The third kappa shape index (κ3) is 5.21. The minimum Gasteiger partial charge on any atom is -0.377 e. The quantitative estimate of drug-likeness (QED) is 0.542. The fourth-order valence-electron chi connectivity index (χ4n) is 4.75. The Morgan fingerprint density at radius 2 is 1.76 bits per heavy atom. The summed E-state index contributed by atoms with van der Waals surface area (Å²) in [7, 11) is 0. The number of aromatic nitrogens is 3. The van der Waals surface area contributed by atoms with E-state index in [4.69, 9.17) is 24.4 Å². The fraction of sp³-hybridized carbons (Fsp3) is 0.481. The SMILES string of the molecule is CCCNC(=O)c1cc(-c2ccc3c(N4CCOC[C@@H]4C)nc(N4CCOC[C@@H]4C)nc3n2)ccc1F. The molecule has 1 amide bonds. The van der Waals surface area contributed by atoms with Gasteiger partial charge in [-0.05, 0) is 50.6 Å². The average Bonchev–Trinajstić information content (AvgIpc) is 2.91. The van der Waals surface area contributed by atoms with Crippen molar-refractivity contribution in [3.63, 3.8) is 0 Å². The monoisotopic (exact) mass is 508 g/mol. The van der Waals surface area contributed by atoms with Gasteiger partial charge in [0.05, 0.1) is 55.2 Å². The van der Waals surface area contributed by atoms with E-state index in [1.807, 2.05) is 19.1 Å². The van der Waals surface area contributed by atoms with E-state index in [9.17, 15) is 9.18 Å². The number of hydrogen-bond acceptors (Lipinski definition) is 8. The van der Waals surface area contributed by atoms with Crippen LogP contribution in [-0.4, -0.2) is 79.0 Å². The Kier molecular flexibility index (Phi) is 7.48. The summed E-state index contributed by atoms with van der Waals surface area (Å²) in [6.07, 6.45) is 0.771. The molecule has 0 bridgehead atoms. The van der Waals surface area contributed by atoms with Crippen LogP contribution in [0.1, 0.15) is 37.6 Å². The minimum atomic E-state index is -0.562. The number of amides is 1. The molecule has 2 atom stereocenters. The molecular weight excluding hydrogens is 475 g/mol. The minimum absolute atomic E-state index is 0.00111. The van der Waals surface area contributed by atoms with Gasteiger partial charge in [0.1, 0.15) is 11.6 Å². The van der Waals surface area contributed by atoms with Crippen LogP contribution in [0.2, 0.25) is 0 Å². The Bertz CT molecular complexity index is 1290. The first-order valence-electron chi connectivity index (χ1n) is 12.9. The van der Waals surface area contributed by atoms with E-state index in [1.54, 1.807) is 12.1 Å². The molecule has 4 heterocycles. The standard InChI is InChI=1S/C27H33FN6O3/c1-4-9-29-26(35)21-14-19(5-7-22(21)28)23-8-6-20-24(30-23)31-27(34-11-13-37-16-18(34)3)32-25(20)33-10-12-36-15-17(33)2/h5-8,14,17-18H,4,9-13,15-16H2,1-3H3,(H,29,35)/t17-,18-/m0/s1. The number of hydrogen-bond donors (Lipinski definition) is 1. The van der Waals surface area contributed by atoms with E-state index in [1.165, 1.54) is 6.07 Å². The van der Waals surface area contributed by atoms with Crippen molar-refractivity contribution in [3.05, 3.63) is 41.7 Å². The number of benzene rings is 1. The third-order valence-corrected chi connectivity index (χ3v) is 6.83. The van der Waals surface area contributed by atoms with Gasteiger partial charge in [-0.3, -0.25) is 4.79 Å². The molecule has 2 fully saturated rings. The highest BCUT2D eigenvalue weighted by Crippen LogP contribution is 2.31. The maximum absolute atomic E-state index is 14.5. The van der Waals surface area contributed by atoms with Gasteiger partial charge in [-0.25, -0.2) is 9.37 Å². The number of nitrogens with zero attached hydrogens (tertiary/aromatic N) is 5. The van der Waals surface area contributed by atoms with E-state index in [0.717, 1.165) is 24.2 Å². The lowest BCUT2D eigenvalue weighted by Crippen LogP contribution is -2.46. The second-order valence-corrected chi connectivity index (χ2v) is 9.60. The molecule has 3 aromatic rings. The number of pyridine rings is 1. The van der Waals surface area contributed by atoms with E-state index < -0.39 is 11.7 Å². The maximum atomic E-state index is 14.5. The van der Waals surface area contributed by atoms with Crippen LogP contribution in [0.25, 0.3) is 22.3 Å². The predicted molar refractivity (Wildman–Crippen MR) is 141 cm³/mol. The van der Waals surface area contributed by atoms with Gasteiger partial charge in [0.25, 0.3) is 5.91 Å². The Labute approximate surface area is 216 Å². The summed E-state index contributed by atoms with van der Waals surface area (Å²) < 4.78 is 25.8. The summed E-state index contributed by atoms with van der Waals surface area (Å²) in [5.74, 6) is 0.441. The predicted octanol–water partition coefficient (Wildman–Crippen LogP) is 3.42. The van der Waals surface area contributed by atoms with Gasteiger partial charge in [-0.1, -0.05) is 6.92 Å². The first-order chi connectivity index (χ1) is 18.0. The number of anilines is 2. The molecule has 1 aromatic carbocycles. The van der Waals surface area contributed by atoms with Crippen molar-refractivity contribution in [2.24, 2.45) is 0 Å². The normalized spacial score (nSPS) is 20.3. The maximum Gasteiger partial charge on any atom is 0.254 e. The molecule has 37 heavy (non-hydrogen) atoms. The lowest BCUT2D eigenvalue weighted by Gasteiger charge is -2.37. The number of morpholine rings is 2. The average molecular weight is 509 g/mol. The zero-order valence-electron chi connectivity index (χ0n) is 21.5. The van der Waals surface area contributed by atoms with Crippen molar-refractivity contribution >= 4 is 28.7 Å². The van der Waals surface area contributed by atoms with Crippen LogP contribution in [0.4, 0.5) is 16.2 Å². The summed E-state index contributed by atoms with van der Waals surface area (Å²) in [6.45, 7) is 10.5. The van der Waals surface area contributed by atoms with Gasteiger partial charge in [-0.2, -0.15) is 9.97 Å². The summed E-state index contributed by atoms with van der Waals surface area (Å²) in [5, 5.41) is 3.58. The number of ether oxygens (including phenoxy) is 2. The molecule has 10 heteroatoms. The number of fused-ring (bicyclic) bond motifs is 1. The second kappa shape index (κ2) is 10.9. The topological polar surface area (TPSA) is 92.7 Å².